The van der Waals surface area contributed by atoms with Gasteiger partial charge in [0, 0.05) is 0 Å². The van der Waals surface area contributed by atoms with Crippen molar-refractivity contribution in [3.05, 3.63) is 88.5 Å². The van der Waals surface area contributed by atoms with E-state index in [0.717, 1.165) is 12.8 Å². The summed E-state index contributed by atoms with van der Waals surface area (Å²) in [4.78, 5) is 0. The van der Waals surface area contributed by atoms with Crippen molar-refractivity contribution in [2.24, 2.45) is 0 Å². The monoisotopic (exact) mass is 314 g/mol. The Balaban J connectivity index is 2.07. The molecule has 2 aromatic rings. The molecule has 0 N–H and O–H groups in total. The Hall–Kier alpha value is -2.34. The predicted molar refractivity (Wildman–Crippen MR) is 106 cm³/mol. The number of allylic oxidation sites excluding steroid dienone is 6. The van der Waals surface area contributed by atoms with Gasteiger partial charge < -0.3 is 0 Å². The molecule has 0 saturated heterocycles. The van der Waals surface area contributed by atoms with Gasteiger partial charge in [0.05, 0.1) is 0 Å². The van der Waals surface area contributed by atoms with E-state index >= 15 is 0 Å². The molecule has 0 aromatic heterocycles. The van der Waals surface area contributed by atoms with Gasteiger partial charge in [0.1, 0.15) is 0 Å². The van der Waals surface area contributed by atoms with Crippen LogP contribution < -0.4 is 0 Å². The first-order valence-corrected chi connectivity index (χ1v) is 8.78. The van der Waals surface area contributed by atoms with Crippen molar-refractivity contribution in [3.63, 3.8) is 0 Å². The van der Waals surface area contributed by atoms with Crippen LogP contribution in [-0.2, 0) is 0 Å². The van der Waals surface area contributed by atoms with Crippen LogP contribution in [0.5, 0.6) is 0 Å². The maximum Gasteiger partial charge on any atom is -0.0146 e. The minimum absolute atomic E-state index is 1.15. The van der Waals surface area contributed by atoms with Gasteiger partial charge in [-0.3, -0.25) is 0 Å². The molecule has 0 heterocycles. The van der Waals surface area contributed by atoms with Crippen LogP contribution >= 0.6 is 0 Å². The van der Waals surface area contributed by atoms with Crippen LogP contribution in [0.15, 0.2) is 71.8 Å². The summed E-state index contributed by atoms with van der Waals surface area (Å²) in [6.07, 6.45) is 8.99. The van der Waals surface area contributed by atoms with Gasteiger partial charge in [-0.1, -0.05) is 54.6 Å². The molecule has 3 rings (SSSR count). The SMILES string of the molecule is C/C(C1=CC=CCC1)=C(\C)c1ccc(C)c(-c2ccccc2C)c1. The minimum Gasteiger partial charge on any atom is -0.0842 e. The standard InChI is InChI=1S/C24H26/c1-17-10-8-9-13-23(17)24-16-22(15-14-18(24)2)20(4)19(3)21-11-6-5-7-12-21/h5-6,8-11,13-16H,7,12H2,1-4H3/b20-19-. The normalized spacial score (nSPS) is 15.1. The fourth-order valence-corrected chi connectivity index (χ4v) is 3.39. The fourth-order valence-electron chi connectivity index (χ4n) is 3.39. The largest absolute Gasteiger partial charge is 0.0842 e. The number of hydrogen-bond acceptors (Lipinski definition) is 0. The summed E-state index contributed by atoms with van der Waals surface area (Å²) in [7, 11) is 0. The van der Waals surface area contributed by atoms with E-state index in [9.17, 15) is 0 Å². The molecule has 0 bridgehead atoms. The van der Waals surface area contributed by atoms with Gasteiger partial charge in [-0.15, -0.1) is 0 Å². The molecular weight excluding hydrogens is 288 g/mol. The quantitative estimate of drug-likeness (QED) is 0.570. The lowest BCUT2D eigenvalue weighted by Crippen LogP contribution is -1.95. The number of aryl methyl sites for hydroxylation is 2. The third-order valence-electron chi connectivity index (χ3n) is 5.16. The molecule has 0 radical (unpaired) electrons. The topological polar surface area (TPSA) is 0 Å². The first kappa shape index (κ1) is 16.5. The molecule has 0 aliphatic heterocycles. The average molecular weight is 314 g/mol. The molecule has 0 atom stereocenters. The molecule has 0 saturated carbocycles. The van der Waals surface area contributed by atoms with E-state index in [2.05, 4.69) is 88.4 Å². The molecule has 0 nitrogen and oxygen atoms in total. The Bertz CT molecular complexity index is 844. The van der Waals surface area contributed by atoms with Crippen LogP contribution in [0.2, 0.25) is 0 Å². The van der Waals surface area contributed by atoms with Crippen molar-refractivity contribution in [2.45, 2.75) is 40.5 Å². The van der Waals surface area contributed by atoms with Crippen LogP contribution in [0.25, 0.3) is 16.7 Å². The zero-order chi connectivity index (χ0) is 17.1. The van der Waals surface area contributed by atoms with E-state index in [1.807, 2.05) is 0 Å². The van der Waals surface area contributed by atoms with Gasteiger partial charge in [-0.25, -0.2) is 0 Å². The maximum atomic E-state index is 2.36. The van der Waals surface area contributed by atoms with E-state index in [1.54, 1.807) is 0 Å². The first-order chi connectivity index (χ1) is 11.6. The Morgan fingerprint density at radius 3 is 2.29 bits per heavy atom. The van der Waals surface area contributed by atoms with Crippen molar-refractivity contribution >= 4 is 5.57 Å². The molecule has 0 unspecified atom stereocenters. The van der Waals surface area contributed by atoms with Crippen LogP contribution in [0.3, 0.4) is 0 Å². The smallest absolute Gasteiger partial charge is 0.0146 e. The van der Waals surface area contributed by atoms with E-state index in [4.69, 9.17) is 0 Å². The molecule has 24 heavy (non-hydrogen) atoms. The summed E-state index contributed by atoms with van der Waals surface area (Å²) in [6.45, 7) is 8.90. The van der Waals surface area contributed by atoms with Gasteiger partial charge in [0.15, 0.2) is 0 Å². The van der Waals surface area contributed by atoms with Gasteiger partial charge in [-0.2, -0.15) is 0 Å². The number of hydrogen-bond donors (Lipinski definition) is 0. The van der Waals surface area contributed by atoms with Crippen molar-refractivity contribution in [2.75, 3.05) is 0 Å². The third kappa shape index (κ3) is 3.28. The second-order valence-electron chi connectivity index (χ2n) is 6.75. The van der Waals surface area contributed by atoms with Crippen LogP contribution in [0.4, 0.5) is 0 Å². The molecule has 2 aromatic carbocycles. The van der Waals surface area contributed by atoms with E-state index < -0.39 is 0 Å². The molecule has 122 valence electrons. The second-order valence-corrected chi connectivity index (χ2v) is 6.75. The van der Waals surface area contributed by atoms with Gasteiger partial charge in [0.25, 0.3) is 0 Å². The lowest BCUT2D eigenvalue weighted by Gasteiger charge is -2.16. The second kappa shape index (κ2) is 7.05. The van der Waals surface area contributed by atoms with Crippen molar-refractivity contribution in [3.8, 4) is 11.1 Å². The maximum absolute atomic E-state index is 2.36. The lowest BCUT2D eigenvalue weighted by atomic mass is 9.89. The van der Waals surface area contributed by atoms with Gasteiger partial charge in [0.2, 0.25) is 0 Å². The fraction of sp³-hybridized carbons (Fsp3) is 0.250. The van der Waals surface area contributed by atoms with E-state index in [1.165, 1.54) is 44.5 Å². The molecule has 0 heteroatoms. The van der Waals surface area contributed by atoms with E-state index in [-0.39, 0.29) is 0 Å². The third-order valence-corrected chi connectivity index (χ3v) is 5.16. The van der Waals surface area contributed by atoms with E-state index in [0.29, 0.717) is 0 Å². The average Bonchev–Trinajstić information content (AvgIpc) is 2.62. The highest BCUT2D eigenvalue weighted by Crippen LogP contribution is 2.32. The Morgan fingerprint density at radius 1 is 0.833 bits per heavy atom. The summed E-state index contributed by atoms with van der Waals surface area (Å²) in [5.74, 6) is 0. The van der Waals surface area contributed by atoms with Crippen LogP contribution in [0.1, 0.15) is 43.4 Å². The van der Waals surface area contributed by atoms with Crippen molar-refractivity contribution in [1.29, 1.82) is 0 Å². The summed E-state index contributed by atoms with van der Waals surface area (Å²) >= 11 is 0. The molecular formula is C24H26. The van der Waals surface area contributed by atoms with Crippen LogP contribution in [0, 0.1) is 13.8 Å². The minimum atomic E-state index is 1.15. The summed E-state index contributed by atoms with van der Waals surface area (Å²) in [5.41, 5.74) is 10.9. The zero-order valence-corrected chi connectivity index (χ0v) is 15.2. The summed E-state index contributed by atoms with van der Waals surface area (Å²) < 4.78 is 0. The highest BCUT2D eigenvalue weighted by Gasteiger charge is 2.10. The molecule has 0 fully saturated rings. The number of rotatable bonds is 3. The first-order valence-electron chi connectivity index (χ1n) is 8.78. The van der Waals surface area contributed by atoms with Crippen molar-refractivity contribution in [1.82, 2.24) is 0 Å². The zero-order valence-electron chi connectivity index (χ0n) is 15.2. The summed E-state index contributed by atoms with van der Waals surface area (Å²) in [6, 6.07) is 15.5. The van der Waals surface area contributed by atoms with Crippen molar-refractivity contribution < 1.29 is 0 Å². The number of benzene rings is 2. The predicted octanol–water partition coefficient (Wildman–Crippen LogP) is 7.04. The summed E-state index contributed by atoms with van der Waals surface area (Å²) in [5, 5.41) is 0. The molecule has 0 amide bonds. The van der Waals surface area contributed by atoms with Crippen LogP contribution in [-0.4, -0.2) is 0 Å². The Labute approximate surface area is 146 Å². The Morgan fingerprint density at radius 2 is 1.58 bits per heavy atom. The van der Waals surface area contributed by atoms with Gasteiger partial charge >= 0.3 is 0 Å². The highest BCUT2D eigenvalue weighted by atomic mass is 14.2. The molecule has 0 spiro atoms. The van der Waals surface area contributed by atoms with Gasteiger partial charge in [-0.05, 0) is 91.1 Å². The lowest BCUT2D eigenvalue weighted by molar-refractivity contribution is 0.969. The molecule has 1 aliphatic rings. The molecule has 1 aliphatic carbocycles. The highest BCUT2D eigenvalue weighted by molar-refractivity contribution is 5.78. The Kier molecular flexibility index (Phi) is 4.85.